The normalized spacial score (nSPS) is 32.0. The smallest absolute Gasteiger partial charge is 0.0702 e. The summed E-state index contributed by atoms with van der Waals surface area (Å²) in [7, 11) is 4.39. The van der Waals surface area contributed by atoms with Crippen LogP contribution in [0.15, 0.2) is 0 Å². The van der Waals surface area contributed by atoms with E-state index in [1.54, 1.807) is 0 Å². The number of nitrogens with one attached hydrogen (secondary N) is 1. The number of likely N-dealkylation sites (N-methyl/N-ethyl adjacent to an activating group) is 2. The number of nitrogens with zero attached hydrogens (tertiary/aromatic N) is 1. The van der Waals surface area contributed by atoms with Crippen LogP contribution in [0.25, 0.3) is 0 Å². The number of hydrogen-bond acceptors (Lipinski definition) is 3. The van der Waals surface area contributed by atoms with Gasteiger partial charge in [-0.2, -0.15) is 0 Å². The van der Waals surface area contributed by atoms with Crippen molar-refractivity contribution in [2.75, 3.05) is 27.2 Å². The summed E-state index contributed by atoms with van der Waals surface area (Å²) in [4.78, 5) is 2.52. The zero-order valence-electron chi connectivity index (χ0n) is 12.3. The molecule has 106 valence electrons. The fourth-order valence-electron chi connectivity index (χ4n) is 3.76. The van der Waals surface area contributed by atoms with Gasteiger partial charge in [-0.3, -0.25) is 4.90 Å². The van der Waals surface area contributed by atoms with Gasteiger partial charge in [0.15, 0.2) is 0 Å². The van der Waals surface area contributed by atoms with Crippen molar-refractivity contribution >= 4 is 0 Å². The van der Waals surface area contributed by atoms with E-state index in [1.165, 1.54) is 45.1 Å². The molecule has 0 aromatic heterocycles. The Morgan fingerprint density at radius 2 is 1.94 bits per heavy atom. The summed E-state index contributed by atoms with van der Waals surface area (Å²) < 4.78 is 5.69. The molecule has 2 aliphatic rings. The Labute approximate surface area is 112 Å². The third-order valence-electron chi connectivity index (χ3n) is 4.98. The second-order valence-corrected chi connectivity index (χ2v) is 6.16. The Morgan fingerprint density at radius 3 is 2.50 bits per heavy atom. The second kappa shape index (κ2) is 6.88. The highest BCUT2D eigenvalue weighted by molar-refractivity contribution is 4.86. The minimum absolute atomic E-state index is 0.402. The highest BCUT2D eigenvalue weighted by atomic mass is 16.5. The lowest BCUT2D eigenvalue weighted by Crippen LogP contribution is -2.48. The molecule has 0 amide bonds. The molecule has 0 spiro atoms. The van der Waals surface area contributed by atoms with E-state index in [2.05, 4.69) is 31.2 Å². The van der Waals surface area contributed by atoms with Crippen LogP contribution in [0.2, 0.25) is 0 Å². The summed E-state index contributed by atoms with van der Waals surface area (Å²) in [5.74, 6) is 0.879. The highest BCUT2D eigenvalue weighted by Gasteiger charge is 2.31. The molecular weight excluding hydrogens is 224 g/mol. The molecule has 1 heterocycles. The summed E-state index contributed by atoms with van der Waals surface area (Å²) in [6.45, 7) is 4.31. The van der Waals surface area contributed by atoms with Crippen LogP contribution in [-0.2, 0) is 4.74 Å². The maximum atomic E-state index is 5.69. The van der Waals surface area contributed by atoms with Crippen LogP contribution >= 0.6 is 0 Å². The SMILES string of the molecule is CNC(CN(C)C1CCOC1C)C1CCCCC1. The molecule has 2 rings (SSSR count). The first-order valence-corrected chi connectivity index (χ1v) is 7.71. The van der Waals surface area contributed by atoms with Crippen molar-refractivity contribution in [2.45, 2.75) is 63.6 Å². The van der Waals surface area contributed by atoms with E-state index < -0.39 is 0 Å². The Balaban J connectivity index is 1.84. The van der Waals surface area contributed by atoms with E-state index >= 15 is 0 Å². The molecule has 0 aromatic carbocycles. The van der Waals surface area contributed by atoms with Crippen molar-refractivity contribution in [1.82, 2.24) is 10.2 Å². The van der Waals surface area contributed by atoms with Gasteiger partial charge >= 0.3 is 0 Å². The molecule has 1 aliphatic heterocycles. The summed E-state index contributed by atoms with van der Waals surface area (Å²) in [5, 5.41) is 3.56. The fraction of sp³-hybridized carbons (Fsp3) is 1.00. The molecule has 1 N–H and O–H groups in total. The average molecular weight is 254 g/mol. The first-order valence-electron chi connectivity index (χ1n) is 7.71. The third kappa shape index (κ3) is 3.46. The molecule has 3 atom stereocenters. The van der Waals surface area contributed by atoms with Crippen LogP contribution in [0.4, 0.5) is 0 Å². The highest BCUT2D eigenvalue weighted by Crippen LogP contribution is 2.27. The van der Waals surface area contributed by atoms with Crippen LogP contribution in [-0.4, -0.2) is 50.3 Å². The maximum absolute atomic E-state index is 5.69. The van der Waals surface area contributed by atoms with Gasteiger partial charge in [-0.15, -0.1) is 0 Å². The molecule has 0 radical (unpaired) electrons. The predicted molar refractivity (Wildman–Crippen MR) is 75.9 cm³/mol. The van der Waals surface area contributed by atoms with Gasteiger partial charge in [0, 0.05) is 25.2 Å². The standard InChI is InChI=1S/C15H30N2O/c1-12-15(9-10-18-12)17(3)11-14(16-2)13-7-5-4-6-8-13/h12-16H,4-11H2,1-3H3. The zero-order chi connectivity index (χ0) is 13.0. The lowest BCUT2D eigenvalue weighted by molar-refractivity contribution is 0.0759. The van der Waals surface area contributed by atoms with Crippen molar-refractivity contribution in [1.29, 1.82) is 0 Å². The molecule has 1 aliphatic carbocycles. The molecule has 18 heavy (non-hydrogen) atoms. The van der Waals surface area contributed by atoms with Gasteiger partial charge < -0.3 is 10.1 Å². The van der Waals surface area contributed by atoms with Gasteiger partial charge in [0.1, 0.15) is 0 Å². The van der Waals surface area contributed by atoms with E-state index in [0.29, 0.717) is 18.2 Å². The molecule has 3 unspecified atom stereocenters. The van der Waals surface area contributed by atoms with Crippen molar-refractivity contribution in [3.05, 3.63) is 0 Å². The van der Waals surface area contributed by atoms with Gasteiger partial charge in [-0.1, -0.05) is 19.3 Å². The minimum Gasteiger partial charge on any atom is -0.377 e. The number of rotatable bonds is 5. The van der Waals surface area contributed by atoms with Crippen molar-refractivity contribution in [2.24, 2.45) is 5.92 Å². The Kier molecular flexibility index (Phi) is 5.46. The summed E-state index contributed by atoms with van der Waals surface area (Å²) in [5.41, 5.74) is 0. The quantitative estimate of drug-likeness (QED) is 0.814. The monoisotopic (exact) mass is 254 g/mol. The van der Waals surface area contributed by atoms with Crippen molar-refractivity contribution in [3.63, 3.8) is 0 Å². The molecule has 0 aromatic rings. The topological polar surface area (TPSA) is 24.5 Å². The maximum Gasteiger partial charge on any atom is 0.0702 e. The van der Waals surface area contributed by atoms with E-state index in [0.717, 1.165) is 12.5 Å². The summed E-state index contributed by atoms with van der Waals surface area (Å²) >= 11 is 0. The Hall–Kier alpha value is -0.120. The zero-order valence-corrected chi connectivity index (χ0v) is 12.3. The first kappa shape index (κ1) is 14.3. The van der Waals surface area contributed by atoms with Gasteiger partial charge in [-0.05, 0) is 46.2 Å². The van der Waals surface area contributed by atoms with Crippen molar-refractivity contribution < 1.29 is 4.74 Å². The lowest BCUT2D eigenvalue weighted by atomic mass is 9.83. The molecule has 3 heteroatoms. The number of ether oxygens (including phenoxy) is 1. The van der Waals surface area contributed by atoms with E-state index in [-0.39, 0.29) is 0 Å². The molecule has 1 saturated carbocycles. The van der Waals surface area contributed by atoms with Crippen LogP contribution < -0.4 is 5.32 Å². The van der Waals surface area contributed by atoms with Crippen molar-refractivity contribution in [3.8, 4) is 0 Å². The minimum atomic E-state index is 0.402. The van der Waals surface area contributed by atoms with E-state index in [9.17, 15) is 0 Å². The molecule has 1 saturated heterocycles. The molecule has 3 nitrogen and oxygen atoms in total. The Morgan fingerprint density at radius 1 is 1.22 bits per heavy atom. The van der Waals surface area contributed by atoms with Crippen LogP contribution in [0.5, 0.6) is 0 Å². The van der Waals surface area contributed by atoms with Gasteiger partial charge in [0.25, 0.3) is 0 Å². The Bertz CT molecular complexity index is 241. The number of hydrogen-bond donors (Lipinski definition) is 1. The van der Waals surface area contributed by atoms with Gasteiger partial charge in [0.2, 0.25) is 0 Å². The van der Waals surface area contributed by atoms with Gasteiger partial charge in [-0.25, -0.2) is 0 Å². The fourth-order valence-corrected chi connectivity index (χ4v) is 3.76. The molecule has 0 bridgehead atoms. The molecule has 2 fully saturated rings. The van der Waals surface area contributed by atoms with Crippen LogP contribution in [0.3, 0.4) is 0 Å². The largest absolute Gasteiger partial charge is 0.377 e. The first-order chi connectivity index (χ1) is 8.72. The third-order valence-corrected chi connectivity index (χ3v) is 4.98. The summed E-state index contributed by atoms with van der Waals surface area (Å²) in [6, 6.07) is 1.27. The van der Waals surface area contributed by atoms with Crippen LogP contribution in [0.1, 0.15) is 45.4 Å². The van der Waals surface area contributed by atoms with E-state index in [1.807, 2.05) is 0 Å². The average Bonchev–Trinajstić information content (AvgIpc) is 2.83. The van der Waals surface area contributed by atoms with Crippen LogP contribution in [0, 0.1) is 5.92 Å². The summed E-state index contributed by atoms with van der Waals surface area (Å²) in [6.07, 6.45) is 8.71. The second-order valence-electron chi connectivity index (χ2n) is 6.16. The van der Waals surface area contributed by atoms with Gasteiger partial charge in [0.05, 0.1) is 6.10 Å². The predicted octanol–water partition coefficient (Wildman–Crippen LogP) is 2.26. The van der Waals surface area contributed by atoms with E-state index in [4.69, 9.17) is 4.74 Å². The molecular formula is C15H30N2O. The lowest BCUT2D eigenvalue weighted by Gasteiger charge is -2.35.